The highest BCUT2D eigenvalue weighted by molar-refractivity contribution is 5.69. The molecule has 1 aliphatic heterocycles. The lowest BCUT2D eigenvalue weighted by Gasteiger charge is -2.75. The molecule has 6 rings (SSSR count). The van der Waals surface area contributed by atoms with Crippen LogP contribution in [0.25, 0.3) is 0 Å². The van der Waals surface area contributed by atoms with Crippen molar-refractivity contribution in [3.63, 3.8) is 0 Å². The molecule has 0 atom stereocenters. The molecule has 1 amide bonds. The lowest BCUT2D eigenvalue weighted by atomic mass is 9.35. The largest absolute Gasteiger partial charge is 0.444 e. The van der Waals surface area contributed by atoms with Gasteiger partial charge in [0.1, 0.15) is 5.60 Å². The van der Waals surface area contributed by atoms with Crippen molar-refractivity contribution in [2.45, 2.75) is 76.9 Å². The van der Waals surface area contributed by atoms with E-state index in [1.54, 1.807) is 0 Å². The first-order valence-corrected chi connectivity index (χ1v) is 9.75. The number of aromatic nitrogens is 2. The van der Waals surface area contributed by atoms with Crippen LogP contribution in [-0.4, -0.2) is 39.5 Å². The molecule has 2 heterocycles. The molecule has 1 aromatic heterocycles. The molecule has 5 fully saturated rings. The normalized spacial score (nSPS) is 34.2. The number of hydrogen-bond donors (Lipinski definition) is 0. The predicted molar refractivity (Wildman–Crippen MR) is 94.5 cm³/mol. The van der Waals surface area contributed by atoms with Crippen molar-refractivity contribution >= 4 is 6.09 Å². The molecule has 5 aliphatic rings. The zero-order valence-electron chi connectivity index (χ0n) is 15.8. The first kappa shape index (κ1) is 15.7. The molecular weight excluding hydrogens is 314 g/mol. The molecule has 0 aromatic carbocycles. The number of ether oxygens (including phenoxy) is 1. The number of likely N-dealkylation sites (tertiary alicyclic amines) is 1. The highest BCUT2D eigenvalue weighted by Crippen LogP contribution is 2.75. The topological polar surface area (TPSA) is 47.4 Å². The van der Waals surface area contributed by atoms with E-state index < -0.39 is 5.60 Å². The third-order valence-electron chi connectivity index (χ3n) is 6.75. The number of aryl methyl sites for hydroxylation is 1. The molecule has 0 N–H and O–H groups in total. The van der Waals surface area contributed by atoms with Gasteiger partial charge in [-0.1, -0.05) is 0 Å². The lowest BCUT2D eigenvalue weighted by Crippen LogP contribution is -2.75. The highest BCUT2D eigenvalue weighted by Gasteiger charge is 2.73. The van der Waals surface area contributed by atoms with Crippen LogP contribution in [0.1, 0.15) is 70.2 Å². The fourth-order valence-corrected chi connectivity index (χ4v) is 5.38. The van der Waals surface area contributed by atoms with Crippen LogP contribution in [0.5, 0.6) is 0 Å². The van der Waals surface area contributed by atoms with Crippen LogP contribution in [0.3, 0.4) is 0 Å². The summed E-state index contributed by atoms with van der Waals surface area (Å²) in [6, 6.07) is 2.30. The van der Waals surface area contributed by atoms with Gasteiger partial charge in [0.05, 0.1) is 11.2 Å². The van der Waals surface area contributed by atoms with E-state index in [1.807, 2.05) is 25.7 Å². The van der Waals surface area contributed by atoms with Gasteiger partial charge in [0.15, 0.2) is 0 Å². The van der Waals surface area contributed by atoms with Gasteiger partial charge in [-0.2, -0.15) is 5.10 Å². The maximum atomic E-state index is 12.1. The Labute approximate surface area is 149 Å². The van der Waals surface area contributed by atoms with Crippen LogP contribution in [0.2, 0.25) is 0 Å². The summed E-state index contributed by atoms with van der Waals surface area (Å²) in [7, 11) is 0. The van der Waals surface area contributed by atoms with Crippen molar-refractivity contribution in [2.75, 3.05) is 13.1 Å². The van der Waals surface area contributed by atoms with E-state index in [2.05, 4.69) is 17.7 Å². The van der Waals surface area contributed by atoms with Gasteiger partial charge in [0.25, 0.3) is 0 Å². The molecule has 4 aliphatic carbocycles. The molecule has 2 bridgehead atoms. The summed E-state index contributed by atoms with van der Waals surface area (Å²) in [6.07, 6.45) is 6.29. The van der Waals surface area contributed by atoms with Crippen molar-refractivity contribution in [2.24, 2.45) is 11.3 Å². The second kappa shape index (κ2) is 4.60. The quantitative estimate of drug-likeness (QED) is 0.838. The first-order valence-electron chi connectivity index (χ1n) is 9.75. The Kier molecular flexibility index (Phi) is 2.89. The SMILES string of the molecule is Cc1cc(C2CC2)n(C23CC(C4CN(C(=O)OC(C)(C)C)C4)(C2)C3)n1. The maximum absolute atomic E-state index is 12.1. The Hall–Kier alpha value is -1.52. The number of carbonyl (C=O) groups is 1. The van der Waals surface area contributed by atoms with Crippen LogP contribution in [0.15, 0.2) is 6.07 Å². The van der Waals surface area contributed by atoms with E-state index >= 15 is 0 Å². The molecule has 0 spiro atoms. The molecular formula is C20H29N3O2. The zero-order chi connectivity index (χ0) is 17.6. The van der Waals surface area contributed by atoms with E-state index in [0.717, 1.165) is 19.0 Å². The minimum atomic E-state index is -0.403. The van der Waals surface area contributed by atoms with Crippen molar-refractivity contribution in [3.05, 3.63) is 17.5 Å². The summed E-state index contributed by atoms with van der Waals surface area (Å²) in [6.45, 7) is 9.65. The second-order valence-corrected chi connectivity index (χ2v) is 10.1. The van der Waals surface area contributed by atoms with Crippen LogP contribution in [-0.2, 0) is 10.3 Å². The maximum Gasteiger partial charge on any atom is 0.410 e. The van der Waals surface area contributed by atoms with E-state index in [9.17, 15) is 4.79 Å². The average molecular weight is 343 g/mol. The van der Waals surface area contributed by atoms with Gasteiger partial charge in [-0.15, -0.1) is 0 Å². The molecule has 5 heteroatoms. The Balaban J connectivity index is 1.20. The van der Waals surface area contributed by atoms with Crippen molar-refractivity contribution < 1.29 is 9.53 Å². The molecule has 25 heavy (non-hydrogen) atoms. The van der Waals surface area contributed by atoms with Crippen LogP contribution in [0.4, 0.5) is 4.79 Å². The molecule has 136 valence electrons. The van der Waals surface area contributed by atoms with Gasteiger partial charge in [0, 0.05) is 30.6 Å². The van der Waals surface area contributed by atoms with E-state index in [-0.39, 0.29) is 6.09 Å². The summed E-state index contributed by atoms with van der Waals surface area (Å²) in [5.74, 6) is 1.42. The number of rotatable bonds is 3. The molecule has 5 nitrogen and oxygen atoms in total. The molecule has 0 radical (unpaired) electrons. The Morgan fingerprint density at radius 2 is 1.88 bits per heavy atom. The fourth-order valence-electron chi connectivity index (χ4n) is 5.38. The summed E-state index contributed by atoms with van der Waals surface area (Å²) in [5.41, 5.74) is 3.02. The third-order valence-corrected chi connectivity index (χ3v) is 6.75. The molecule has 1 aromatic rings. The summed E-state index contributed by atoms with van der Waals surface area (Å²) < 4.78 is 7.88. The molecule has 4 saturated carbocycles. The van der Waals surface area contributed by atoms with Crippen molar-refractivity contribution in [1.82, 2.24) is 14.7 Å². The van der Waals surface area contributed by atoms with Crippen LogP contribution < -0.4 is 0 Å². The Morgan fingerprint density at radius 1 is 1.24 bits per heavy atom. The van der Waals surface area contributed by atoms with E-state index in [0.29, 0.717) is 16.9 Å². The van der Waals surface area contributed by atoms with E-state index in [1.165, 1.54) is 43.5 Å². The predicted octanol–water partition coefficient (Wildman–Crippen LogP) is 3.82. The van der Waals surface area contributed by atoms with Gasteiger partial charge in [-0.3, -0.25) is 4.68 Å². The smallest absolute Gasteiger partial charge is 0.410 e. The highest BCUT2D eigenvalue weighted by atomic mass is 16.6. The van der Waals surface area contributed by atoms with E-state index in [4.69, 9.17) is 9.84 Å². The number of hydrogen-bond acceptors (Lipinski definition) is 3. The minimum Gasteiger partial charge on any atom is -0.444 e. The second-order valence-electron chi connectivity index (χ2n) is 10.1. The standard InChI is InChI=1S/C20H29N3O2/c1-13-7-16(14-5-6-14)23(21-13)20-10-19(11-20,12-20)15-8-22(9-15)17(24)25-18(2,3)4/h7,14-15H,5-6,8-12H2,1-4H3. The Bertz CT molecular complexity index is 715. The van der Waals surface area contributed by atoms with Crippen LogP contribution >= 0.6 is 0 Å². The van der Waals surface area contributed by atoms with Gasteiger partial charge >= 0.3 is 6.09 Å². The minimum absolute atomic E-state index is 0.149. The summed E-state index contributed by atoms with van der Waals surface area (Å²) in [5, 5.41) is 4.85. The van der Waals surface area contributed by atoms with Gasteiger partial charge in [-0.05, 0) is 71.3 Å². The summed E-state index contributed by atoms with van der Waals surface area (Å²) >= 11 is 0. The Morgan fingerprint density at radius 3 is 2.44 bits per heavy atom. The number of carbonyl (C=O) groups excluding carboxylic acids is 1. The molecule has 0 unspecified atom stereocenters. The van der Waals surface area contributed by atoms with Gasteiger partial charge in [0.2, 0.25) is 0 Å². The third kappa shape index (κ3) is 2.27. The van der Waals surface area contributed by atoms with Crippen molar-refractivity contribution in [3.8, 4) is 0 Å². The average Bonchev–Trinajstić information content (AvgIpc) is 3.10. The number of nitrogens with zero attached hydrogens (tertiary/aromatic N) is 3. The monoisotopic (exact) mass is 343 g/mol. The van der Waals surface area contributed by atoms with Crippen molar-refractivity contribution in [1.29, 1.82) is 0 Å². The van der Waals surface area contributed by atoms with Crippen LogP contribution in [0, 0.1) is 18.3 Å². The zero-order valence-corrected chi connectivity index (χ0v) is 15.8. The lowest BCUT2D eigenvalue weighted by molar-refractivity contribution is -0.247. The fraction of sp³-hybridized carbons (Fsp3) is 0.800. The number of amides is 1. The van der Waals surface area contributed by atoms with Gasteiger partial charge < -0.3 is 9.64 Å². The summed E-state index contributed by atoms with van der Waals surface area (Å²) in [4.78, 5) is 14.0. The molecule has 1 saturated heterocycles. The van der Waals surface area contributed by atoms with Gasteiger partial charge in [-0.25, -0.2) is 4.79 Å². The first-order chi connectivity index (χ1) is 11.7.